The largest absolute Gasteiger partial charge is 0.465 e. The molecular weight excluding hydrogens is 431 g/mol. The fourth-order valence-electron chi connectivity index (χ4n) is 2.64. The van der Waals surface area contributed by atoms with Gasteiger partial charge in [-0.15, -0.1) is 0 Å². The van der Waals surface area contributed by atoms with Crippen molar-refractivity contribution in [2.24, 2.45) is 0 Å². The Morgan fingerprint density at radius 3 is 2.61 bits per heavy atom. The molecule has 0 radical (unpaired) electrons. The maximum absolute atomic E-state index is 13.0. The summed E-state index contributed by atoms with van der Waals surface area (Å²) < 4.78 is 16.3. The number of halogens is 2. The average Bonchev–Trinajstić information content (AvgIpc) is 3.05. The van der Waals surface area contributed by atoms with Crippen LogP contribution in [0.5, 0.6) is 0 Å². The van der Waals surface area contributed by atoms with Crippen LogP contribution in [0.25, 0.3) is 16.8 Å². The molecule has 0 spiro atoms. The lowest BCUT2D eigenvalue weighted by Gasteiger charge is -2.07. The van der Waals surface area contributed by atoms with Crippen molar-refractivity contribution < 1.29 is 14.3 Å². The second-order valence-corrected chi connectivity index (χ2v) is 6.84. The lowest BCUT2D eigenvalue weighted by molar-refractivity contribution is 0.195. The zero-order valence-electron chi connectivity index (χ0n) is 14.5. The van der Waals surface area contributed by atoms with E-state index in [4.69, 9.17) is 5.11 Å². The van der Waals surface area contributed by atoms with Gasteiger partial charge in [-0.2, -0.15) is 5.10 Å². The summed E-state index contributed by atoms with van der Waals surface area (Å²) in [6.45, 7) is -0.391. The molecule has 0 atom stereocenters. The summed E-state index contributed by atoms with van der Waals surface area (Å²) in [7, 11) is 0. The summed E-state index contributed by atoms with van der Waals surface area (Å²) in [6.07, 6.45) is 0.347. The van der Waals surface area contributed by atoms with Crippen molar-refractivity contribution in [2.75, 3.05) is 6.54 Å². The molecule has 0 fully saturated rings. The highest BCUT2D eigenvalue weighted by Gasteiger charge is 2.11. The summed E-state index contributed by atoms with van der Waals surface area (Å²) in [5.74, 6) is 0. The van der Waals surface area contributed by atoms with E-state index in [0.29, 0.717) is 5.69 Å². The van der Waals surface area contributed by atoms with Crippen LogP contribution in [0.3, 0.4) is 0 Å². The topological polar surface area (TPSA) is 89.2 Å². The van der Waals surface area contributed by atoms with E-state index in [1.807, 2.05) is 42.5 Å². The monoisotopic (exact) mass is 446 g/mol. The number of hydrogen-bond donors (Lipinski definition) is 2. The molecule has 0 aliphatic rings. The number of amides is 1. The summed E-state index contributed by atoms with van der Waals surface area (Å²) in [5, 5.41) is 14.7. The van der Waals surface area contributed by atoms with Crippen molar-refractivity contribution in [1.82, 2.24) is 19.7 Å². The van der Waals surface area contributed by atoms with Crippen LogP contribution >= 0.6 is 15.9 Å². The highest BCUT2D eigenvalue weighted by atomic mass is 79.9. The van der Waals surface area contributed by atoms with Crippen LogP contribution in [-0.4, -0.2) is 32.1 Å². The van der Waals surface area contributed by atoms with E-state index in [1.54, 1.807) is 6.07 Å². The summed E-state index contributed by atoms with van der Waals surface area (Å²) in [4.78, 5) is 23.2. The van der Waals surface area contributed by atoms with Gasteiger partial charge in [0.25, 0.3) is 0 Å². The lowest BCUT2D eigenvalue weighted by Crippen LogP contribution is -2.29. The molecule has 9 heteroatoms. The second kappa shape index (κ2) is 8.66. The van der Waals surface area contributed by atoms with Crippen LogP contribution in [0.4, 0.5) is 9.18 Å². The first-order chi connectivity index (χ1) is 13.5. The molecule has 0 saturated heterocycles. The van der Waals surface area contributed by atoms with Crippen molar-refractivity contribution in [3.05, 3.63) is 81.7 Å². The Morgan fingerprint density at radius 2 is 1.93 bits per heavy atom. The normalized spacial score (nSPS) is 11.4. The van der Waals surface area contributed by atoms with Crippen LogP contribution < -0.4 is 11.0 Å². The van der Waals surface area contributed by atoms with Gasteiger partial charge in [-0.25, -0.2) is 23.2 Å². The van der Waals surface area contributed by atoms with Gasteiger partial charge < -0.3 is 10.4 Å². The van der Waals surface area contributed by atoms with Crippen LogP contribution in [0.1, 0.15) is 0 Å². The van der Waals surface area contributed by atoms with Gasteiger partial charge in [-0.3, -0.25) is 0 Å². The van der Waals surface area contributed by atoms with E-state index >= 15 is 0 Å². The molecule has 0 aliphatic carbocycles. The highest BCUT2D eigenvalue weighted by molar-refractivity contribution is 9.10. The first-order valence-electron chi connectivity index (χ1n) is 8.23. The first-order valence-corrected chi connectivity index (χ1v) is 9.03. The summed E-state index contributed by atoms with van der Waals surface area (Å²) in [5.41, 5.74) is 2.15. The average molecular weight is 447 g/mol. The van der Waals surface area contributed by atoms with Crippen LogP contribution in [0.2, 0.25) is 0 Å². The minimum absolute atomic E-state index is 0.0811. The van der Waals surface area contributed by atoms with Crippen LogP contribution in [0, 0.1) is 0 Å². The molecule has 2 aromatic carbocycles. The minimum atomic E-state index is -1.28. The maximum Gasteiger partial charge on any atom is 0.404 e. The van der Waals surface area contributed by atoms with Crippen molar-refractivity contribution in [1.29, 1.82) is 0 Å². The van der Waals surface area contributed by atoms with E-state index in [2.05, 4.69) is 26.3 Å². The number of carbonyl (C=O) groups is 1. The van der Waals surface area contributed by atoms with E-state index in [9.17, 15) is 14.0 Å². The smallest absolute Gasteiger partial charge is 0.404 e. The molecule has 0 saturated carbocycles. The van der Waals surface area contributed by atoms with Crippen molar-refractivity contribution in [3.8, 4) is 16.8 Å². The number of rotatable bonds is 6. The summed E-state index contributed by atoms with van der Waals surface area (Å²) >= 11 is 3.44. The number of aromatic nitrogens is 3. The van der Waals surface area contributed by atoms with Crippen molar-refractivity contribution in [3.63, 3.8) is 0 Å². The van der Waals surface area contributed by atoms with Crippen LogP contribution in [0.15, 0.2) is 76.0 Å². The molecule has 2 N–H and O–H groups in total. The quantitative estimate of drug-likeness (QED) is 0.605. The van der Waals surface area contributed by atoms with Gasteiger partial charge in [0.2, 0.25) is 0 Å². The van der Waals surface area contributed by atoms with Gasteiger partial charge in [0, 0.05) is 11.0 Å². The molecule has 0 aliphatic heterocycles. The number of benzene rings is 2. The third kappa shape index (κ3) is 4.55. The molecule has 144 valence electrons. The van der Waals surface area contributed by atoms with Gasteiger partial charge in [0.1, 0.15) is 6.33 Å². The third-order valence-electron chi connectivity index (χ3n) is 3.99. The Kier molecular flexibility index (Phi) is 6.05. The molecule has 0 unspecified atom stereocenters. The van der Waals surface area contributed by atoms with E-state index in [0.717, 1.165) is 20.3 Å². The Balaban J connectivity index is 1.87. The minimum Gasteiger partial charge on any atom is -0.465 e. The number of nitrogens with zero attached hydrogens (tertiary/aromatic N) is 3. The highest BCUT2D eigenvalue weighted by Crippen LogP contribution is 2.24. The van der Waals surface area contributed by atoms with Crippen molar-refractivity contribution in [2.45, 2.75) is 6.54 Å². The molecule has 1 amide bonds. The van der Waals surface area contributed by atoms with Gasteiger partial charge in [0.05, 0.1) is 18.6 Å². The third-order valence-corrected chi connectivity index (χ3v) is 4.48. The maximum atomic E-state index is 13.0. The zero-order valence-corrected chi connectivity index (χ0v) is 16.1. The SMILES string of the molecule is O=C(O)NCC(=CF)Cn1ncn(-c2cccc(-c3cccc(Br)c3)c2)c1=O. The van der Waals surface area contributed by atoms with Gasteiger partial charge >= 0.3 is 11.8 Å². The zero-order chi connectivity index (χ0) is 20.1. The molecule has 3 aromatic rings. The predicted molar refractivity (Wildman–Crippen MR) is 106 cm³/mol. The fourth-order valence-corrected chi connectivity index (χ4v) is 3.04. The van der Waals surface area contributed by atoms with Gasteiger partial charge in [-0.05, 0) is 41.0 Å². The molecule has 7 nitrogen and oxygen atoms in total. The Bertz CT molecular complexity index is 1090. The summed E-state index contributed by atoms with van der Waals surface area (Å²) in [6, 6.07) is 15.2. The van der Waals surface area contributed by atoms with E-state index in [-0.39, 0.29) is 25.0 Å². The number of nitrogens with one attached hydrogen (secondary N) is 1. The Labute approximate surface area is 167 Å². The predicted octanol–water partition coefficient (Wildman–Crippen LogP) is 3.58. The first kappa shape index (κ1) is 19.6. The Morgan fingerprint density at radius 1 is 1.21 bits per heavy atom. The fraction of sp³-hybridized carbons (Fsp3) is 0.105. The molecule has 1 heterocycles. The van der Waals surface area contributed by atoms with Crippen LogP contribution in [-0.2, 0) is 6.54 Å². The molecule has 0 bridgehead atoms. The molecule has 28 heavy (non-hydrogen) atoms. The lowest BCUT2D eigenvalue weighted by atomic mass is 10.1. The number of hydrogen-bond acceptors (Lipinski definition) is 3. The van der Waals surface area contributed by atoms with Gasteiger partial charge in [-0.1, -0.05) is 40.2 Å². The number of carboxylic acid groups (broad SMARTS) is 1. The van der Waals surface area contributed by atoms with Gasteiger partial charge in [0.15, 0.2) is 0 Å². The molecule has 1 aromatic heterocycles. The second-order valence-electron chi connectivity index (χ2n) is 5.93. The molecular formula is C19H16BrFN4O3. The van der Waals surface area contributed by atoms with E-state index in [1.165, 1.54) is 10.9 Å². The van der Waals surface area contributed by atoms with E-state index < -0.39 is 11.8 Å². The Hall–Kier alpha value is -3.20. The standard InChI is InChI=1S/C19H16BrFN4O3/c20-16-5-1-3-14(7-16)15-4-2-6-17(8-15)24-12-23-25(19(24)28)11-13(9-21)10-22-18(26)27/h1-9,12,22H,10-11H2,(H,26,27). The van der Waals surface area contributed by atoms with Crippen molar-refractivity contribution >= 4 is 22.0 Å². The molecule has 3 rings (SSSR count).